The Hall–Kier alpha value is -0.130. The monoisotopic (exact) mass is 251 g/mol. The fourth-order valence-electron chi connectivity index (χ4n) is 1.31. The number of hydrogen-bond acceptors (Lipinski definition) is 3. The van der Waals surface area contributed by atoms with Gasteiger partial charge in [0.05, 0.1) is 12.4 Å². The van der Waals surface area contributed by atoms with Gasteiger partial charge in [-0.25, -0.2) is 13.6 Å². The molecule has 0 atom stereocenters. The molecule has 0 bridgehead atoms. The predicted molar refractivity (Wildman–Crippen MR) is 66.6 cm³/mol. The Labute approximate surface area is 99.6 Å². The van der Waals surface area contributed by atoms with Gasteiger partial charge in [0.1, 0.15) is 0 Å². The highest BCUT2D eigenvalue weighted by Crippen LogP contribution is 2.20. The summed E-state index contributed by atoms with van der Waals surface area (Å²) < 4.78 is 27.4. The lowest BCUT2D eigenvalue weighted by atomic mass is 9.93. The van der Waals surface area contributed by atoms with Crippen molar-refractivity contribution in [1.29, 1.82) is 0 Å². The zero-order valence-electron chi connectivity index (χ0n) is 11.0. The predicted octanol–water partition coefficient (Wildman–Crippen LogP) is 1.75. The molecule has 0 rings (SSSR count). The van der Waals surface area contributed by atoms with Crippen molar-refractivity contribution in [2.45, 2.75) is 41.0 Å². The van der Waals surface area contributed by atoms with Gasteiger partial charge in [-0.2, -0.15) is 0 Å². The van der Waals surface area contributed by atoms with Crippen LogP contribution in [0.25, 0.3) is 0 Å². The van der Waals surface area contributed by atoms with Crippen LogP contribution in [0.1, 0.15) is 41.0 Å². The normalized spacial score (nSPS) is 14.1. The van der Waals surface area contributed by atoms with E-state index in [1.807, 2.05) is 13.8 Å². The fourth-order valence-corrected chi connectivity index (χ4v) is 2.49. The lowest BCUT2D eigenvalue weighted by Crippen LogP contribution is -2.33. The van der Waals surface area contributed by atoms with E-state index in [0.717, 1.165) is 6.42 Å². The molecule has 0 aromatic rings. The van der Waals surface area contributed by atoms with Gasteiger partial charge in [0.15, 0.2) is 0 Å². The van der Waals surface area contributed by atoms with Crippen molar-refractivity contribution >= 4 is 10.0 Å². The first-order valence-corrected chi connectivity index (χ1v) is 7.21. The van der Waals surface area contributed by atoms with Crippen LogP contribution in [0.3, 0.4) is 0 Å². The molecule has 0 amide bonds. The van der Waals surface area contributed by atoms with Gasteiger partial charge in [-0.15, -0.1) is 0 Å². The second kappa shape index (κ2) is 5.47. The maximum absolute atomic E-state index is 11.0. The van der Waals surface area contributed by atoms with Crippen LogP contribution in [0.15, 0.2) is 0 Å². The van der Waals surface area contributed by atoms with E-state index in [-0.39, 0.29) is 11.2 Å². The summed E-state index contributed by atoms with van der Waals surface area (Å²) in [6, 6.07) is 0. The summed E-state index contributed by atoms with van der Waals surface area (Å²) in [5, 5.41) is 5.01. The van der Waals surface area contributed by atoms with Crippen molar-refractivity contribution in [2.75, 3.05) is 19.0 Å². The molecule has 5 heteroatoms. The molecule has 4 nitrogen and oxygen atoms in total. The van der Waals surface area contributed by atoms with Gasteiger partial charge in [0, 0.05) is 12.0 Å². The number of nitrogens with two attached hydrogens (primary N) is 1. The lowest BCUT2D eigenvalue weighted by molar-refractivity contribution is 0.0567. The van der Waals surface area contributed by atoms with Gasteiger partial charge in [-0.1, -0.05) is 34.6 Å². The minimum Gasteiger partial charge on any atom is -0.381 e. The molecular weight excluding hydrogens is 226 g/mol. The first-order valence-electron chi connectivity index (χ1n) is 5.50. The Morgan fingerprint density at radius 2 is 1.62 bits per heavy atom. The second-order valence-corrected chi connectivity index (χ2v) is 7.95. The second-order valence-electron chi connectivity index (χ2n) is 6.33. The minimum absolute atomic E-state index is 0.0461. The molecule has 0 fully saturated rings. The number of primary sulfonamides is 1. The Balaban J connectivity index is 3.92. The largest absolute Gasteiger partial charge is 0.381 e. The summed E-state index contributed by atoms with van der Waals surface area (Å²) >= 11 is 0. The van der Waals surface area contributed by atoms with Gasteiger partial charge < -0.3 is 4.74 Å². The molecule has 0 aliphatic rings. The molecular formula is C11H25NO3S. The molecule has 0 aliphatic carbocycles. The number of hydrogen-bond donors (Lipinski definition) is 1. The van der Waals surface area contributed by atoms with E-state index in [9.17, 15) is 8.42 Å². The van der Waals surface area contributed by atoms with Gasteiger partial charge in [-0.05, 0) is 11.8 Å². The van der Waals surface area contributed by atoms with Crippen LogP contribution in [0.5, 0.6) is 0 Å². The van der Waals surface area contributed by atoms with Crippen molar-refractivity contribution in [2.24, 2.45) is 16.0 Å². The summed E-state index contributed by atoms with van der Waals surface area (Å²) in [4.78, 5) is 0. The lowest BCUT2D eigenvalue weighted by Gasteiger charge is -2.24. The van der Waals surface area contributed by atoms with E-state index in [2.05, 4.69) is 20.8 Å². The van der Waals surface area contributed by atoms with E-state index in [1.165, 1.54) is 0 Å². The quantitative estimate of drug-likeness (QED) is 0.731. The van der Waals surface area contributed by atoms with E-state index in [1.54, 1.807) is 0 Å². The van der Waals surface area contributed by atoms with Gasteiger partial charge in [0.2, 0.25) is 10.0 Å². The average Bonchev–Trinajstić information content (AvgIpc) is 1.91. The average molecular weight is 251 g/mol. The van der Waals surface area contributed by atoms with Crippen molar-refractivity contribution in [3.05, 3.63) is 0 Å². The Morgan fingerprint density at radius 3 is 2.00 bits per heavy atom. The SMILES string of the molecule is CC(C)(C)CCOCC(C)(C)CS(N)(=O)=O. The topological polar surface area (TPSA) is 69.4 Å². The van der Waals surface area contributed by atoms with Crippen LogP contribution in [0.4, 0.5) is 0 Å². The van der Waals surface area contributed by atoms with Crippen LogP contribution in [-0.4, -0.2) is 27.4 Å². The summed E-state index contributed by atoms with van der Waals surface area (Å²) in [6.45, 7) is 11.2. The van der Waals surface area contributed by atoms with E-state index in [0.29, 0.717) is 13.2 Å². The highest BCUT2D eigenvalue weighted by molar-refractivity contribution is 7.89. The zero-order chi connectivity index (χ0) is 13.0. The van der Waals surface area contributed by atoms with Crippen LogP contribution < -0.4 is 5.14 Å². The van der Waals surface area contributed by atoms with Gasteiger partial charge >= 0.3 is 0 Å². The third-order valence-corrected chi connectivity index (χ3v) is 3.26. The maximum atomic E-state index is 11.0. The van der Waals surface area contributed by atoms with E-state index < -0.39 is 15.4 Å². The van der Waals surface area contributed by atoms with Gasteiger partial charge in [-0.3, -0.25) is 0 Å². The molecule has 0 spiro atoms. The number of rotatable bonds is 6. The smallest absolute Gasteiger partial charge is 0.209 e. The maximum Gasteiger partial charge on any atom is 0.209 e. The standard InChI is InChI=1S/C11H25NO3S/c1-10(2,3)6-7-15-8-11(4,5)9-16(12,13)14/h6-9H2,1-5H3,(H2,12,13,14). The third kappa shape index (κ3) is 10.4. The Kier molecular flexibility index (Phi) is 5.42. The Morgan fingerprint density at radius 1 is 1.12 bits per heavy atom. The Bertz CT molecular complexity index is 302. The molecule has 2 N–H and O–H groups in total. The molecule has 0 saturated carbocycles. The highest BCUT2D eigenvalue weighted by atomic mass is 32.2. The van der Waals surface area contributed by atoms with E-state index in [4.69, 9.17) is 9.88 Å². The van der Waals surface area contributed by atoms with Crippen molar-refractivity contribution in [3.63, 3.8) is 0 Å². The first-order chi connectivity index (χ1) is 6.91. The molecule has 16 heavy (non-hydrogen) atoms. The molecule has 0 saturated heterocycles. The molecule has 0 aliphatic heterocycles. The molecule has 0 aromatic carbocycles. The fraction of sp³-hybridized carbons (Fsp3) is 1.00. The number of ether oxygens (including phenoxy) is 1. The molecule has 98 valence electrons. The summed E-state index contributed by atoms with van der Waals surface area (Å²) in [5.41, 5.74) is -0.185. The van der Waals surface area contributed by atoms with Crippen LogP contribution in [0, 0.1) is 10.8 Å². The zero-order valence-corrected chi connectivity index (χ0v) is 11.9. The van der Waals surface area contributed by atoms with Crippen LogP contribution >= 0.6 is 0 Å². The molecule has 0 unspecified atom stereocenters. The first kappa shape index (κ1) is 15.9. The summed E-state index contributed by atoms with van der Waals surface area (Å²) in [7, 11) is -3.43. The summed E-state index contributed by atoms with van der Waals surface area (Å²) in [5.74, 6) is -0.0461. The van der Waals surface area contributed by atoms with E-state index >= 15 is 0 Å². The minimum atomic E-state index is -3.43. The van der Waals surface area contributed by atoms with Gasteiger partial charge in [0.25, 0.3) is 0 Å². The van der Waals surface area contributed by atoms with Crippen molar-refractivity contribution in [3.8, 4) is 0 Å². The van der Waals surface area contributed by atoms with Crippen LogP contribution in [-0.2, 0) is 14.8 Å². The molecule has 0 heterocycles. The van der Waals surface area contributed by atoms with Crippen LogP contribution in [0.2, 0.25) is 0 Å². The number of sulfonamides is 1. The molecule has 0 aromatic heterocycles. The van der Waals surface area contributed by atoms with Crippen molar-refractivity contribution < 1.29 is 13.2 Å². The third-order valence-electron chi connectivity index (χ3n) is 2.08. The van der Waals surface area contributed by atoms with Crippen molar-refractivity contribution in [1.82, 2.24) is 0 Å². The molecule has 0 radical (unpaired) electrons. The highest BCUT2D eigenvalue weighted by Gasteiger charge is 2.24. The summed E-state index contributed by atoms with van der Waals surface area (Å²) in [6.07, 6.45) is 0.957.